The Hall–Kier alpha value is -0.140. The average Bonchev–Trinajstić information content (AvgIpc) is 2.28. The lowest BCUT2D eigenvalue weighted by Gasteiger charge is -2.07. The molecule has 0 saturated carbocycles. The first-order valence-corrected chi connectivity index (χ1v) is 7.45. The summed E-state index contributed by atoms with van der Waals surface area (Å²) in [6.07, 6.45) is 3.45. The van der Waals surface area contributed by atoms with Crippen LogP contribution in [-0.4, -0.2) is 12.5 Å². The van der Waals surface area contributed by atoms with Gasteiger partial charge in [-0.25, -0.2) is 0 Å². The Bertz CT molecular complexity index is 385. The van der Waals surface area contributed by atoms with Crippen molar-refractivity contribution in [2.24, 2.45) is 5.73 Å². The van der Waals surface area contributed by atoms with Gasteiger partial charge in [0.15, 0.2) is 0 Å². The molecule has 1 amide bonds. The van der Waals surface area contributed by atoms with Crippen molar-refractivity contribution in [3.05, 3.63) is 26.2 Å². The minimum Gasteiger partial charge on any atom is -0.330 e. The predicted molar refractivity (Wildman–Crippen MR) is 83.0 cm³/mol. The van der Waals surface area contributed by atoms with Gasteiger partial charge in [0.25, 0.3) is 0 Å². The van der Waals surface area contributed by atoms with Gasteiger partial charge in [-0.1, -0.05) is 6.42 Å². The molecule has 0 aliphatic heterocycles. The third-order valence-corrected chi connectivity index (χ3v) is 3.64. The highest BCUT2D eigenvalue weighted by Crippen LogP contribution is 2.24. The molecule has 17 heavy (non-hydrogen) atoms. The summed E-state index contributed by atoms with van der Waals surface area (Å²) in [7, 11) is 0. The van der Waals surface area contributed by atoms with E-state index in [4.69, 9.17) is 5.73 Å². The summed E-state index contributed by atoms with van der Waals surface area (Å²) in [6.45, 7) is 0.699. The number of hydrogen-bond donors (Lipinski definition) is 2. The van der Waals surface area contributed by atoms with Crippen molar-refractivity contribution >= 4 is 50.1 Å². The van der Waals surface area contributed by atoms with Crippen LogP contribution in [0.5, 0.6) is 0 Å². The zero-order valence-electron chi connectivity index (χ0n) is 9.51. The van der Waals surface area contributed by atoms with Crippen LogP contribution < -0.4 is 11.1 Å². The van der Waals surface area contributed by atoms with Crippen LogP contribution in [0.1, 0.15) is 25.7 Å². The van der Waals surface area contributed by atoms with Crippen molar-refractivity contribution in [2.75, 3.05) is 11.9 Å². The maximum absolute atomic E-state index is 11.6. The molecule has 94 valence electrons. The smallest absolute Gasteiger partial charge is 0.224 e. The van der Waals surface area contributed by atoms with Crippen LogP contribution in [0.25, 0.3) is 0 Å². The molecule has 0 aliphatic rings. The summed E-state index contributed by atoms with van der Waals surface area (Å²) in [5.41, 5.74) is 6.22. The van der Waals surface area contributed by atoms with Gasteiger partial charge in [0, 0.05) is 14.5 Å². The van der Waals surface area contributed by atoms with Gasteiger partial charge in [-0.05, 0) is 76.1 Å². The summed E-state index contributed by atoms with van der Waals surface area (Å²) in [5, 5.41) is 2.89. The second-order valence-electron chi connectivity index (χ2n) is 3.77. The quantitative estimate of drug-likeness (QED) is 0.556. The molecule has 0 aromatic heterocycles. The Morgan fingerprint density at radius 1 is 1.35 bits per heavy atom. The number of carbonyl (C=O) groups excluding carboxylic acids is 1. The highest BCUT2D eigenvalue weighted by molar-refractivity contribution is 14.1. The van der Waals surface area contributed by atoms with E-state index in [9.17, 15) is 4.79 Å². The lowest BCUT2D eigenvalue weighted by molar-refractivity contribution is -0.116. The molecule has 3 nitrogen and oxygen atoms in total. The number of hydrogen-bond acceptors (Lipinski definition) is 2. The number of rotatable bonds is 6. The molecule has 0 unspecified atom stereocenters. The minimum atomic E-state index is 0.0592. The van der Waals surface area contributed by atoms with E-state index in [1.165, 1.54) is 0 Å². The van der Waals surface area contributed by atoms with E-state index in [1.54, 1.807) is 0 Å². The first kappa shape index (κ1) is 14.9. The van der Waals surface area contributed by atoms with Crippen LogP contribution in [0.4, 0.5) is 5.69 Å². The molecule has 1 rings (SSSR count). The molecule has 0 saturated heterocycles. The molecule has 0 spiro atoms. The molecule has 0 radical (unpaired) electrons. The largest absolute Gasteiger partial charge is 0.330 e. The number of nitrogens with one attached hydrogen (secondary N) is 1. The summed E-state index contributed by atoms with van der Waals surface area (Å²) in [6, 6.07) is 5.85. The molecule has 5 heteroatoms. The van der Waals surface area contributed by atoms with Crippen molar-refractivity contribution in [1.82, 2.24) is 0 Å². The number of benzene rings is 1. The maximum Gasteiger partial charge on any atom is 0.224 e. The number of unbranched alkanes of at least 4 members (excludes halogenated alkanes) is 2. The molecule has 3 N–H and O–H groups in total. The molecule has 0 bridgehead atoms. The topological polar surface area (TPSA) is 55.1 Å². The highest BCUT2D eigenvalue weighted by atomic mass is 127. The van der Waals surface area contributed by atoms with Gasteiger partial charge in [0.2, 0.25) is 5.91 Å². The van der Waals surface area contributed by atoms with Crippen LogP contribution in [0.15, 0.2) is 22.7 Å². The third kappa shape index (κ3) is 5.83. The number of halogens is 2. The fourth-order valence-electron chi connectivity index (χ4n) is 1.41. The minimum absolute atomic E-state index is 0.0592. The summed E-state index contributed by atoms with van der Waals surface area (Å²) < 4.78 is 2.05. The number of amides is 1. The van der Waals surface area contributed by atoms with Crippen LogP contribution in [0, 0.1) is 3.57 Å². The summed E-state index contributed by atoms with van der Waals surface area (Å²) in [5.74, 6) is 0.0592. The lowest BCUT2D eigenvalue weighted by Crippen LogP contribution is -2.11. The van der Waals surface area contributed by atoms with Crippen LogP contribution in [0.3, 0.4) is 0 Å². The number of carbonyl (C=O) groups is 1. The maximum atomic E-state index is 11.6. The van der Waals surface area contributed by atoms with Crippen LogP contribution in [-0.2, 0) is 4.79 Å². The van der Waals surface area contributed by atoms with E-state index >= 15 is 0 Å². The molecular formula is C12H16BrIN2O. The van der Waals surface area contributed by atoms with Gasteiger partial charge in [0.05, 0.1) is 5.69 Å². The van der Waals surface area contributed by atoms with Gasteiger partial charge in [0.1, 0.15) is 0 Å². The Morgan fingerprint density at radius 3 is 2.76 bits per heavy atom. The van der Waals surface area contributed by atoms with E-state index < -0.39 is 0 Å². The van der Waals surface area contributed by atoms with Gasteiger partial charge in [-0.3, -0.25) is 4.79 Å². The molecule has 0 atom stereocenters. The first-order chi connectivity index (χ1) is 8.13. The van der Waals surface area contributed by atoms with E-state index in [2.05, 4.69) is 43.8 Å². The molecule has 0 aliphatic carbocycles. The van der Waals surface area contributed by atoms with Gasteiger partial charge in [-0.2, -0.15) is 0 Å². The fourth-order valence-corrected chi connectivity index (χ4v) is 2.81. The van der Waals surface area contributed by atoms with Crippen LogP contribution in [0.2, 0.25) is 0 Å². The van der Waals surface area contributed by atoms with Crippen LogP contribution >= 0.6 is 38.5 Å². The standard InChI is InChI=1S/C12H16BrIN2O/c13-10-8-9(14)5-6-11(10)16-12(17)4-2-1-3-7-15/h5-6,8H,1-4,7,15H2,(H,16,17). The highest BCUT2D eigenvalue weighted by Gasteiger charge is 2.05. The number of nitrogens with two attached hydrogens (primary N) is 1. The Labute approximate surface area is 124 Å². The fraction of sp³-hybridized carbons (Fsp3) is 0.417. The second-order valence-corrected chi connectivity index (χ2v) is 5.87. The van der Waals surface area contributed by atoms with E-state index in [0.717, 1.165) is 33.0 Å². The Kier molecular flexibility index (Phi) is 7.06. The zero-order chi connectivity index (χ0) is 12.7. The lowest BCUT2D eigenvalue weighted by atomic mass is 10.2. The number of anilines is 1. The van der Waals surface area contributed by atoms with Crippen molar-refractivity contribution < 1.29 is 4.79 Å². The zero-order valence-corrected chi connectivity index (χ0v) is 13.3. The van der Waals surface area contributed by atoms with Crippen molar-refractivity contribution in [3.63, 3.8) is 0 Å². The van der Waals surface area contributed by atoms with E-state index in [-0.39, 0.29) is 5.91 Å². The normalized spacial score (nSPS) is 10.3. The van der Waals surface area contributed by atoms with Gasteiger partial charge >= 0.3 is 0 Å². The van der Waals surface area contributed by atoms with E-state index in [1.807, 2.05) is 18.2 Å². The molecular weight excluding hydrogens is 395 g/mol. The first-order valence-electron chi connectivity index (χ1n) is 5.58. The average molecular weight is 411 g/mol. The molecule has 0 fully saturated rings. The summed E-state index contributed by atoms with van der Waals surface area (Å²) in [4.78, 5) is 11.6. The monoisotopic (exact) mass is 410 g/mol. The second kappa shape index (κ2) is 8.05. The van der Waals surface area contributed by atoms with Gasteiger partial charge < -0.3 is 11.1 Å². The van der Waals surface area contributed by atoms with Crippen molar-refractivity contribution in [2.45, 2.75) is 25.7 Å². The van der Waals surface area contributed by atoms with Crippen molar-refractivity contribution in [1.29, 1.82) is 0 Å². The Balaban J connectivity index is 2.40. The SMILES string of the molecule is NCCCCCC(=O)Nc1ccc(I)cc1Br. The van der Waals surface area contributed by atoms with Crippen molar-refractivity contribution in [3.8, 4) is 0 Å². The van der Waals surface area contributed by atoms with Gasteiger partial charge in [-0.15, -0.1) is 0 Å². The summed E-state index contributed by atoms with van der Waals surface area (Å²) >= 11 is 5.67. The predicted octanol–water partition coefficient (Wildman–Crippen LogP) is 3.51. The molecule has 1 aromatic rings. The van der Waals surface area contributed by atoms with E-state index in [0.29, 0.717) is 13.0 Å². The third-order valence-electron chi connectivity index (χ3n) is 2.31. The Morgan fingerprint density at radius 2 is 2.12 bits per heavy atom. The molecule has 1 aromatic carbocycles. The molecule has 0 heterocycles.